The van der Waals surface area contributed by atoms with Crippen LogP contribution < -0.4 is 5.73 Å². The summed E-state index contributed by atoms with van der Waals surface area (Å²) in [6, 6.07) is 0. The number of hydrogen-bond donors (Lipinski definition) is 2. The zero-order valence-corrected chi connectivity index (χ0v) is 7.81. The highest BCUT2D eigenvalue weighted by Crippen LogP contribution is 2.13. The molecule has 0 bridgehead atoms. The van der Waals surface area contributed by atoms with E-state index in [2.05, 4.69) is 4.98 Å². The van der Waals surface area contributed by atoms with Gasteiger partial charge < -0.3 is 15.3 Å². The van der Waals surface area contributed by atoms with Gasteiger partial charge in [-0.15, -0.1) is 0 Å². The van der Waals surface area contributed by atoms with E-state index in [1.165, 1.54) is 0 Å². The molecular weight excluding hydrogens is 174 g/mol. The van der Waals surface area contributed by atoms with Gasteiger partial charge in [-0.2, -0.15) is 0 Å². The second-order valence-corrected chi connectivity index (χ2v) is 3.45. The molecule has 0 atom stereocenters. The van der Waals surface area contributed by atoms with E-state index in [9.17, 15) is 4.79 Å². The lowest BCUT2D eigenvalue weighted by atomic mass is 10.1. The van der Waals surface area contributed by atoms with E-state index in [4.69, 9.17) is 18.0 Å². The second-order valence-electron chi connectivity index (χ2n) is 3.06. The molecule has 5 heteroatoms. The molecule has 0 aliphatic heterocycles. The monoisotopic (exact) mass is 185 g/mol. The summed E-state index contributed by atoms with van der Waals surface area (Å²) in [5.41, 5.74) is 4.44. The summed E-state index contributed by atoms with van der Waals surface area (Å²) >= 11 is 4.95. The van der Waals surface area contributed by atoms with Crippen LogP contribution >= 0.6 is 12.2 Å². The van der Waals surface area contributed by atoms with Gasteiger partial charge in [0.15, 0.2) is 4.77 Å². The number of nitrogens with zero attached hydrogens (tertiary/aromatic N) is 1. The van der Waals surface area contributed by atoms with Gasteiger partial charge in [0.1, 0.15) is 5.54 Å². The normalized spacial score (nSPS) is 11.5. The lowest BCUT2D eigenvalue weighted by Crippen LogP contribution is -2.40. The van der Waals surface area contributed by atoms with Gasteiger partial charge in [0.2, 0.25) is 5.91 Å². The summed E-state index contributed by atoms with van der Waals surface area (Å²) in [5, 5.41) is 0. The van der Waals surface area contributed by atoms with Crippen molar-refractivity contribution in [3.63, 3.8) is 0 Å². The smallest absolute Gasteiger partial charge is 0.243 e. The molecule has 1 heterocycles. The summed E-state index contributed by atoms with van der Waals surface area (Å²) in [6.45, 7) is 3.44. The van der Waals surface area contributed by atoms with E-state index in [0.29, 0.717) is 4.77 Å². The highest BCUT2D eigenvalue weighted by Gasteiger charge is 2.26. The minimum Gasteiger partial charge on any atom is -0.368 e. The van der Waals surface area contributed by atoms with Gasteiger partial charge in [-0.1, -0.05) is 0 Å². The van der Waals surface area contributed by atoms with Crippen molar-refractivity contribution in [2.45, 2.75) is 19.4 Å². The fourth-order valence-electron chi connectivity index (χ4n) is 0.879. The first-order chi connectivity index (χ1) is 5.46. The van der Waals surface area contributed by atoms with Crippen molar-refractivity contribution in [1.82, 2.24) is 9.55 Å². The summed E-state index contributed by atoms with van der Waals surface area (Å²) in [7, 11) is 0. The molecule has 0 radical (unpaired) electrons. The van der Waals surface area contributed by atoms with E-state index in [0.717, 1.165) is 0 Å². The van der Waals surface area contributed by atoms with Crippen LogP contribution in [0.25, 0.3) is 0 Å². The molecule has 0 unspecified atom stereocenters. The molecule has 0 spiro atoms. The van der Waals surface area contributed by atoms with Crippen molar-refractivity contribution < 1.29 is 4.79 Å². The maximum absolute atomic E-state index is 11.0. The number of carbonyl (C=O) groups excluding carboxylic acids is 1. The molecule has 0 aliphatic rings. The van der Waals surface area contributed by atoms with Gasteiger partial charge >= 0.3 is 0 Å². The van der Waals surface area contributed by atoms with Crippen molar-refractivity contribution in [1.29, 1.82) is 0 Å². The van der Waals surface area contributed by atoms with Crippen LogP contribution in [0.5, 0.6) is 0 Å². The van der Waals surface area contributed by atoms with Crippen LogP contribution in [0.2, 0.25) is 0 Å². The number of H-pyrrole nitrogens is 1. The van der Waals surface area contributed by atoms with Gasteiger partial charge in [-0.05, 0) is 26.1 Å². The largest absolute Gasteiger partial charge is 0.368 e. The van der Waals surface area contributed by atoms with Gasteiger partial charge in [-0.25, -0.2) is 0 Å². The average molecular weight is 185 g/mol. The highest BCUT2D eigenvalue weighted by molar-refractivity contribution is 7.71. The van der Waals surface area contributed by atoms with Crippen LogP contribution in [0.4, 0.5) is 0 Å². The first-order valence-electron chi connectivity index (χ1n) is 3.52. The number of imidazole rings is 1. The molecule has 1 amide bonds. The Labute approximate surface area is 75.4 Å². The molecule has 12 heavy (non-hydrogen) atoms. The number of aromatic nitrogens is 2. The van der Waals surface area contributed by atoms with Crippen LogP contribution in [-0.4, -0.2) is 15.5 Å². The van der Waals surface area contributed by atoms with E-state index < -0.39 is 11.4 Å². The fraction of sp³-hybridized carbons (Fsp3) is 0.429. The molecule has 66 valence electrons. The Balaban J connectivity index is 3.23. The molecule has 0 saturated carbocycles. The molecule has 4 nitrogen and oxygen atoms in total. The zero-order chi connectivity index (χ0) is 9.35. The number of carbonyl (C=O) groups is 1. The van der Waals surface area contributed by atoms with Gasteiger partial charge in [0.25, 0.3) is 0 Å². The van der Waals surface area contributed by atoms with Crippen molar-refractivity contribution in [3.8, 4) is 0 Å². The summed E-state index contributed by atoms with van der Waals surface area (Å²) < 4.78 is 2.13. The Bertz CT molecular complexity index is 350. The summed E-state index contributed by atoms with van der Waals surface area (Å²) in [5.74, 6) is -0.404. The standard InChI is InChI=1S/C7H11N3OS/c1-7(2,5(8)11)10-4-3-9-6(10)12/h3-4H,1-2H3,(H2,8,11)(H,9,12). The quantitative estimate of drug-likeness (QED) is 0.668. The summed E-state index contributed by atoms with van der Waals surface area (Å²) in [4.78, 5) is 13.8. The van der Waals surface area contributed by atoms with Crippen molar-refractivity contribution in [2.75, 3.05) is 0 Å². The third-order valence-corrected chi connectivity index (χ3v) is 2.17. The number of rotatable bonds is 2. The molecule has 1 aromatic rings. The van der Waals surface area contributed by atoms with E-state index >= 15 is 0 Å². The van der Waals surface area contributed by atoms with Crippen molar-refractivity contribution in [3.05, 3.63) is 17.2 Å². The van der Waals surface area contributed by atoms with E-state index in [1.54, 1.807) is 30.8 Å². The van der Waals surface area contributed by atoms with Gasteiger partial charge in [0, 0.05) is 12.4 Å². The third kappa shape index (κ3) is 1.27. The van der Waals surface area contributed by atoms with Crippen LogP contribution in [0.1, 0.15) is 13.8 Å². The lowest BCUT2D eigenvalue weighted by molar-refractivity contribution is -0.125. The second kappa shape index (κ2) is 2.75. The Morgan fingerprint density at radius 1 is 1.75 bits per heavy atom. The van der Waals surface area contributed by atoms with E-state index in [1.807, 2.05) is 0 Å². The number of nitrogens with one attached hydrogen (secondary N) is 1. The predicted octanol–water partition coefficient (Wildman–Crippen LogP) is 0.766. The first-order valence-corrected chi connectivity index (χ1v) is 3.93. The van der Waals surface area contributed by atoms with Crippen molar-refractivity contribution >= 4 is 18.1 Å². The Hall–Kier alpha value is -1.10. The number of primary amides is 1. The van der Waals surface area contributed by atoms with Crippen LogP contribution in [0, 0.1) is 4.77 Å². The fourth-order valence-corrected chi connectivity index (χ4v) is 1.24. The minimum absolute atomic E-state index is 0.404. The van der Waals surface area contributed by atoms with Crippen LogP contribution in [0.3, 0.4) is 0 Å². The lowest BCUT2D eigenvalue weighted by Gasteiger charge is -2.21. The topological polar surface area (TPSA) is 63.8 Å². The van der Waals surface area contributed by atoms with Crippen LogP contribution in [-0.2, 0) is 10.3 Å². The molecule has 1 rings (SSSR count). The first kappa shape index (κ1) is 8.99. The van der Waals surface area contributed by atoms with Gasteiger partial charge in [0.05, 0.1) is 0 Å². The number of aromatic amines is 1. The van der Waals surface area contributed by atoms with E-state index in [-0.39, 0.29) is 0 Å². The molecule has 0 aromatic carbocycles. The Morgan fingerprint density at radius 3 is 2.67 bits per heavy atom. The highest BCUT2D eigenvalue weighted by atomic mass is 32.1. The summed E-state index contributed by atoms with van der Waals surface area (Å²) in [6.07, 6.45) is 3.38. The maximum Gasteiger partial charge on any atom is 0.243 e. The zero-order valence-electron chi connectivity index (χ0n) is 7.00. The molecule has 3 N–H and O–H groups in total. The predicted molar refractivity (Wildman–Crippen MR) is 48.1 cm³/mol. The van der Waals surface area contributed by atoms with Crippen LogP contribution in [0.15, 0.2) is 12.4 Å². The van der Waals surface area contributed by atoms with Gasteiger partial charge in [-0.3, -0.25) is 4.79 Å². The molecule has 0 aliphatic carbocycles. The third-order valence-electron chi connectivity index (χ3n) is 1.85. The van der Waals surface area contributed by atoms with Crippen molar-refractivity contribution in [2.24, 2.45) is 5.73 Å². The maximum atomic E-state index is 11.0. The Kier molecular flexibility index (Phi) is 2.06. The number of hydrogen-bond acceptors (Lipinski definition) is 2. The average Bonchev–Trinajstić information content (AvgIpc) is 2.35. The molecule has 0 saturated heterocycles. The molecule has 0 fully saturated rings. The number of nitrogens with two attached hydrogens (primary N) is 1. The minimum atomic E-state index is -0.767. The number of amides is 1. The molecule has 1 aromatic heterocycles. The Morgan fingerprint density at radius 2 is 2.33 bits per heavy atom. The molecular formula is C7H11N3OS. The SMILES string of the molecule is CC(C)(C(N)=O)n1cc[nH]c1=S.